The molecule has 2 rings (SSSR count). The molecule has 0 fully saturated rings. The molecule has 84 valence electrons. The standard InChI is InChI=1S/C12H14N2S2/c1-2-8-13-10-5-3-6-11(14-10)16-12-7-4-9-15-12/h3-7,9H,2,8H2,1H3,(H,13,14). The third kappa shape index (κ3) is 3.25. The van der Waals surface area contributed by atoms with Crippen molar-refractivity contribution < 1.29 is 0 Å². The maximum atomic E-state index is 4.54. The Kier molecular flexibility index (Phi) is 4.25. The minimum Gasteiger partial charge on any atom is -0.370 e. The van der Waals surface area contributed by atoms with Gasteiger partial charge in [0.15, 0.2) is 0 Å². The number of aromatic nitrogens is 1. The fraction of sp³-hybridized carbons (Fsp3) is 0.250. The molecule has 0 aliphatic heterocycles. The number of thiophene rings is 1. The molecule has 0 spiro atoms. The molecule has 0 aliphatic carbocycles. The van der Waals surface area contributed by atoms with Crippen molar-refractivity contribution in [2.24, 2.45) is 0 Å². The van der Waals surface area contributed by atoms with Gasteiger partial charge in [0.05, 0.1) is 4.21 Å². The van der Waals surface area contributed by atoms with E-state index < -0.39 is 0 Å². The lowest BCUT2D eigenvalue weighted by Crippen LogP contribution is -2.01. The van der Waals surface area contributed by atoms with Crippen molar-refractivity contribution in [2.75, 3.05) is 11.9 Å². The Labute approximate surface area is 104 Å². The average Bonchev–Trinajstić information content (AvgIpc) is 2.80. The summed E-state index contributed by atoms with van der Waals surface area (Å²) in [7, 11) is 0. The van der Waals surface area contributed by atoms with Crippen LogP contribution in [0.5, 0.6) is 0 Å². The summed E-state index contributed by atoms with van der Waals surface area (Å²) in [5, 5.41) is 6.42. The summed E-state index contributed by atoms with van der Waals surface area (Å²) >= 11 is 3.45. The molecule has 4 heteroatoms. The van der Waals surface area contributed by atoms with E-state index >= 15 is 0 Å². The highest BCUT2D eigenvalue weighted by Gasteiger charge is 2.00. The molecule has 2 aromatic rings. The first-order valence-corrected chi connectivity index (χ1v) is 7.00. The third-order valence-corrected chi connectivity index (χ3v) is 3.95. The van der Waals surface area contributed by atoms with E-state index in [1.165, 1.54) is 4.21 Å². The van der Waals surface area contributed by atoms with Crippen LogP contribution in [0.3, 0.4) is 0 Å². The Hall–Kier alpha value is -1.00. The summed E-state index contributed by atoms with van der Waals surface area (Å²) in [4.78, 5) is 4.54. The van der Waals surface area contributed by atoms with Crippen LogP contribution in [0.15, 0.2) is 44.9 Å². The number of hydrogen-bond donors (Lipinski definition) is 1. The van der Waals surface area contributed by atoms with E-state index in [1.54, 1.807) is 23.1 Å². The molecule has 2 aromatic heterocycles. The Balaban J connectivity index is 2.04. The third-order valence-electron chi connectivity index (χ3n) is 1.98. The zero-order valence-electron chi connectivity index (χ0n) is 9.14. The number of rotatable bonds is 5. The summed E-state index contributed by atoms with van der Waals surface area (Å²) in [6.45, 7) is 3.12. The van der Waals surface area contributed by atoms with E-state index in [0.29, 0.717) is 0 Å². The van der Waals surface area contributed by atoms with Crippen LogP contribution in [0.1, 0.15) is 13.3 Å². The number of nitrogens with one attached hydrogen (secondary N) is 1. The lowest BCUT2D eigenvalue weighted by molar-refractivity contribution is 0.960. The zero-order chi connectivity index (χ0) is 11.2. The maximum Gasteiger partial charge on any atom is 0.127 e. The smallest absolute Gasteiger partial charge is 0.127 e. The summed E-state index contributed by atoms with van der Waals surface area (Å²) in [6.07, 6.45) is 1.12. The van der Waals surface area contributed by atoms with Crippen molar-refractivity contribution in [3.8, 4) is 0 Å². The molecule has 0 aromatic carbocycles. The second-order valence-electron chi connectivity index (χ2n) is 3.32. The van der Waals surface area contributed by atoms with E-state index in [1.807, 2.05) is 18.2 Å². The van der Waals surface area contributed by atoms with Gasteiger partial charge in [-0.2, -0.15) is 0 Å². The largest absolute Gasteiger partial charge is 0.370 e. The molecule has 0 bridgehead atoms. The van der Waals surface area contributed by atoms with Crippen molar-refractivity contribution in [3.63, 3.8) is 0 Å². The normalized spacial score (nSPS) is 10.3. The van der Waals surface area contributed by atoms with Crippen LogP contribution in [-0.2, 0) is 0 Å². The van der Waals surface area contributed by atoms with Crippen LogP contribution < -0.4 is 5.32 Å². The molecule has 0 unspecified atom stereocenters. The van der Waals surface area contributed by atoms with Crippen molar-refractivity contribution in [1.29, 1.82) is 0 Å². The van der Waals surface area contributed by atoms with Gasteiger partial charge in [0, 0.05) is 6.54 Å². The summed E-state index contributed by atoms with van der Waals surface area (Å²) in [5.41, 5.74) is 0. The van der Waals surface area contributed by atoms with Crippen molar-refractivity contribution in [2.45, 2.75) is 22.6 Å². The van der Waals surface area contributed by atoms with E-state index in [-0.39, 0.29) is 0 Å². The summed E-state index contributed by atoms with van der Waals surface area (Å²) < 4.78 is 1.28. The molecule has 0 radical (unpaired) electrons. The fourth-order valence-corrected chi connectivity index (χ4v) is 2.95. The van der Waals surface area contributed by atoms with Gasteiger partial charge in [-0.05, 0) is 30.0 Å². The zero-order valence-corrected chi connectivity index (χ0v) is 10.8. The van der Waals surface area contributed by atoms with Gasteiger partial charge >= 0.3 is 0 Å². The van der Waals surface area contributed by atoms with E-state index in [4.69, 9.17) is 0 Å². The van der Waals surface area contributed by atoms with Gasteiger partial charge in [0.25, 0.3) is 0 Å². The second-order valence-corrected chi connectivity index (χ2v) is 5.59. The van der Waals surface area contributed by atoms with Gasteiger partial charge in [0.2, 0.25) is 0 Å². The highest BCUT2D eigenvalue weighted by molar-refractivity contribution is 8.01. The lowest BCUT2D eigenvalue weighted by Gasteiger charge is -2.04. The number of nitrogens with zero attached hydrogens (tertiary/aromatic N) is 1. The Morgan fingerprint density at radius 2 is 2.25 bits per heavy atom. The molecule has 16 heavy (non-hydrogen) atoms. The van der Waals surface area contributed by atoms with Crippen molar-refractivity contribution >= 4 is 28.9 Å². The number of pyridine rings is 1. The predicted octanol–water partition coefficient (Wildman–Crippen LogP) is 4.12. The first-order valence-electron chi connectivity index (χ1n) is 5.31. The fourth-order valence-electron chi connectivity index (χ4n) is 1.25. The Bertz CT molecular complexity index is 426. The molecule has 1 N–H and O–H groups in total. The Morgan fingerprint density at radius 3 is 3.00 bits per heavy atom. The quantitative estimate of drug-likeness (QED) is 0.864. The first-order chi connectivity index (χ1) is 7.88. The van der Waals surface area contributed by atoms with Gasteiger partial charge in [0.1, 0.15) is 10.8 Å². The molecule has 0 saturated heterocycles. The first kappa shape index (κ1) is 11.5. The minimum absolute atomic E-state index is 0.961. The molecule has 0 saturated carbocycles. The number of hydrogen-bond acceptors (Lipinski definition) is 4. The monoisotopic (exact) mass is 250 g/mol. The van der Waals surface area contributed by atoms with Crippen LogP contribution in [-0.4, -0.2) is 11.5 Å². The SMILES string of the molecule is CCCNc1cccc(Sc2cccs2)n1. The highest BCUT2D eigenvalue weighted by Crippen LogP contribution is 2.30. The van der Waals surface area contributed by atoms with Crippen molar-refractivity contribution in [1.82, 2.24) is 4.98 Å². The van der Waals surface area contributed by atoms with E-state index in [9.17, 15) is 0 Å². The summed E-state index contributed by atoms with van der Waals surface area (Å²) in [6, 6.07) is 10.3. The molecular formula is C12H14N2S2. The van der Waals surface area contributed by atoms with E-state index in [2.05, 4.69) is 34.7 Å². The highest BCUT2D eigenvalue weighted by atomic mass is 32.2. The van der Waals surface area contributed by atoms with Crippen LogP contribution in [0.2, 0.25) is 0 Å². The second kappa shape index (κ2) is 5.92. The topological polar surface area (TPSA) is 24.9 Å². The Morgan fingerprint density at radius 1 is 1.31 bits per heavy atom. The van der Waals surface area contributed by atoms with Crippen LogP contribution >= 0.6 is 23.1 Å². The van der Waals surface area contributed by atoms with Crippen molar-refractivity contribution in [3.05, 3.63) is 35.7 Å². The minimum atomic E-state index is 0.961. The molecule has 2 heterocycles. The van der Waals surface area contributed by atoms with Gasteiger partial charge < -0.3 is 5.32 Å². The van der Waals surface area contributed by atoms with Gasteiger partial charge in [-0.1, -0.05) is 30.8 Å². The predicted molar refractivity (Wildman–Crippen MR) is 71.5 cm³/mol. The molecule has 0 atom stereocenters. The molecule has 0 aliphatic rings. The summed E-state index contributed by atoms with van der Waals surface area (Å²) in [5.74, 6) is 0.961. The van der Waals surface area contributed by atoms with Crippen LogP contribution in [0, 0.1) is 0 Å². The lowest BCUT2D eigenvalue weighted by atomic mass is 10.4. The van der Waals surface area contributed by atoms with Crippen LogP contribution in [0.25, 0.3) is 0 Å². The average molecular weight is 250 g/mol. The van der Waals surface area contributed by atoms with Gasteiger partial charge in [-0.3, -0.25) is 0 Å². The number of anilines is 1. The molecule has 2 nitrogen and oxygen atoms in total. The molecular weight excluding hydrogens is 236 g/mol. The van der Waals surface area contributed by atoms with E-state index in [0.717, 1.165) is 23.8 Å². The molecule has 0 amide bonds. The maximum absolute atomic E-state index is 4.54. The van der Waals surface area contributed by atoms with Crippen LogP contribution in [0.4, 0.5) is 5.82 Å². The van der Waals surface area contributed by atoms with Gasteiger partial charge in [-0.15, -0.1) is 11.3 Å². The van der Waals surface area contributed by atoms with Gasteiger partial charge in [-0.25, -0.2) is 4.98 Å².